The number of hydrogen-bond donors (Lipinski definition) is 0. The molecule has 1 aliphatic rings. The second-order valence-electron chi connectivity index (χ2n) is 4.01. The molecule has 1 aromatic heterocycles. The molecule has 6 heteroatoms. The number of nitrogens with zero attached hydrogens (tertiary/aromatic N) is 1. The molecule has 0 amide bonds. The fourth-order valence-electron chi connectivity index (χ4n) is 2.28. The predicted octanol–water partition coefficient (Wildman–Crippen LogP) is 6.14. The Hall–Kier alpha value is 1.16. The minimum Gasteiger partial charge on any atom is -0.340 e. The minimum absolute atomic E-state index is 0.343. The Morgan fingerprint density at radius 2 is 1.82 bits per heavy atom. The first-order valence-electron chi connectivity index (χ1n) is 4.95. The zero-order chi connectivity index (χ0) is 12.3. The van der Waals surface area contributed by atoms with E-state index < -0.39 is 0 Å². The van der Waals surface area contributed by atoms with Crippen LogP contribution < -0.4 is 0 Å². The maximum absolute atomic E-state index is 3.75. The summed E-state index contributed by atoms with van der Waals surface area (Å²) < 4.78 is 5.74. The van der Waals surface area contributed by atoms with Crippen LogP contribution in [0.15, 0.2) is 25.6 Å². The monoisotopic (exact) mass is 547 g/mol. The van der Waals surface area contributed by atoms with Crippen LogP contribution in [-0.2, 0) is 6.54 Å². The normalized spacial score (nSPS) is 23.4. The lowest BCUT2D eigenvalue weighted by Crippen LogP contribution is -2.01. The number of aromatic nitrogens is 1. The van der Waals surface area contributed by atoms with Crippen molar-refractivity contribution < 1.29 is 0 Å². The zero-order valence-electron chi connectivity index (χ0n) is 8.35. The summed E-state index contributed by atoms with van der Waals surface area (Å²) >= 11 is 18.4. The van der Waals surface area contributed by atoms with E-state index in [1.54, 1.807) is 0 Å². The molecule has 0 spiro atoms. The highest BCUT2D eigenvalue weighted by molar-refractivity contribution is 9.12. The lowest BCUT2D eigenvalue weighted by atomic mass is 10.2. The molecule has 0 radical (unpaired) electrons. The second kappa shape index (κ2) is 4.62. The maximum atomic E-state index is 3.75. The van der Waals surface area contributed by atoms with E-state index in [0.29, 0.717) is 9.65 Å². The van der Waals surface area contributed by atoms with Crippen molar-refractivity contribution in [1.29, 1.82) is 0 Å². The Morgan fingerprint density at radius 1 is 1.12 bits per heavy atom. The Balaban J connectivity index is 2.42. The van der Waals surface area contributed by atoms with E-state index in [0.717, 1.165) is 15.5 Å². The summed E-state index contributed by atoms with van der Waals surface area (Å²) in [5, 5.41) is 1.24. The largest absolute Gasteiger partial charge is 0.340 e. The van der Waals surface area contributed by atoms with Crippen molar-refractivity contribution in [3.63, 3.8) is 0 Å². The van der Waals surface area contributed by atoms with Gasteiger partial charge in [0.05, 0.1) is 15.2 Å². The van der Waals surface area contributed by atoms with Crippen molar-refractivity contribution in [3.05, 3.63) is 31.2 Å². The van der Waals surface area contributed by atoms with E-state index in [1.165, 1.54) is 21.1 Å². The molecule has 0 saturated carbocycles. The molecular weight excluding hydrogens is 546 g/mol. The van der Waals surface area contributed by atoms with E-state index in [2.05, 4.69) is 96.3 Å². The number of benzene rings is 1. The van der Waals surface area contributed by atoms with Crippen LogP contribution in [0.2, 0.25) is 0 Å². The minimum atomic E-state index is 0.343. The third kappa shape index (κ3) is 1.93. The van der Waals surface area contributed by atoms with Gasteiger partial charge in [-0.1, -0.05) is 47.8 Å². The average molecular weight is 552 g/mol. The van der Waals surface area contributed by atoms with E-state index in [1.807, 2.05) is 0 Å². The van der Waals surface area contributed by atoms with Gasteiger partial charge in [0.15, 0.2) is 0 Å². The fourth-order valence-corrected chi connectivity index (χ4v) is 5.97. The van der Waals surface area contributed by atoms with Crippen molar-refractivity contribution in [2.24, 2.45) is 0 Å². The van der Waals surface area contributed by atoms with E-state index in [9.17, 15) is 0 Å². The van der Waals surface area contributed by atoms with Gasteiger partial charge in [0.1, 0.15) is 0 Å². The second-order valence-corrected chi connectivity index (χ2v) is 8.74. The third-order valence-electron chi connectivity index (χ3n) is 2.99. The lowest BCUT2D eigenvalue weighted by Gasteiger charge is -2.06. The van der Waals surface area contributed by atoms with Gasteiger partial charge in [-0.25, -0.2) is 0 Å². The molecule has 0 saturated heterocycles. The standard InChI is InChI=1S/C11H6Br5N/c12-4-1-5-8(15)11-9(16)7(14)3-17(11)10(5)6(13)2-4/h1-2,7,9H,3H2/t7-,9+/m0/s1. The Bertz CT molecular complexity index is 618. The molecular formula is C11H6Br5N. The van der Waals surface area contributed by atoms with Crippen LogP contribution in [0, 0.1) is 0 Å². The number of alkyl halides is 2. The molecule has 1 nitrogen and oxygen atoms in total. The highest BCUT2D eigenvalue weighted by Gasteiger charge is 2.34. The molecule has 2 heterocycles. The van der Waals surface area contributed by atoms with Gasteiger partial charge < -0.3 is 4.57 Å². The Morgan fingerprint density at radius 3 is 2.53 bits per heavy atom. The molecule has 3 rings (SSSR count). The highest BCUT2D eigenvalue weighted by atomic mass is 79.9. The SMILES string of the molecule is Brc1cc(Br)c2c(c1)c(Br)c1n2C[C@H](Br)[C@H]1Br. The summed E-state index contributed by atoms with van der Waals surface area (Å²) in [5.74, 6) is 0. The average Bonchev–Trinajstić information content (AvgIpc) is 2.66. The van der Waals surface area contributed by atoms with Gasteiger partial charge in [0.25, 0.3) is 0 Å². The molecule has 1 aromatic carbocycles. The summed E-state index contributed by atoms with van der Waals surface area (Å²) in [6.07, 6.45) is 0. The van der Waals surface area contributed by atoms with E-state index >= 15 is 0 Å². The van der Waals surface area contributed by atoms with Crippen LogP contribution in [0.4, 0.5) is 0 Å². The van der Waals surface area contributed by atoms with E-state index in [-0.39, 0.29) is 0 Å². The van der Waals surface area contributed by atoms with Gasteiger partial charge in [-0.2, -0.15) is 0 Å². The molecule has 2 atom stereocenters. The maximum Gasteiger partial charge on any atom is 0.0701 e. The molecule has 0 N–H and O–H groups in total. The smallest absolute Gasteiger partial charge is 0.0701 e. The molecule has 0 aliphatic carbocycles. The van der Waals surface area contributed by atoms with Gasteiger partial charge in [0.2, 0.25) is 0 Å². The van der Waals surface area contributed by atoms with Crippen molar-refractivity contribution in [2.45, 2.75) is 16.2 Å². The summed E-state index contributed by atoms with van der Waals surface area (Å²) in [5.41, 5.74) is 2.56. The van der Waals surface area contributed by atoms with Crippen molar-refractivity contribution in [1.82, 2.24) is 4.57 Å². The van der Waals surface area contributed by atoms with Crippen LogP contribution in [0.3, 0.4) is 0 Å². The first-order chi connectivity index (χ1) is 8.00. The number of fused-ring (bicyclic) bond motifs is 3. The van der Waals surface area contributed by atoms with Crippen LogP contribution in [0.5, 0.6) is 0 Å². The van der Waals surface area contributed by atoms with Gasteiger partial charge in [0, 0.05) is 31.0 Å². The van der Waals surface area contributed by atoms with Gasteiger partial charge >= 0.3 is 0 Å². The van der Waals surface area contributed by atoms with E-state index in [4.69, 9.17) is 0 Å². The van der Waals surface area contributed by atoms with Crippen molar-refractivity contribution >= 4 is 90.6 Å². The number of halogens is 5. The molecule has 1 aliphatic heterocycles. The van der Waals surface area contributed by atoms with Crippen LogP contribution in [0.25, 0.3) is 10.9 Å². The van der Waals surface area contributed by atoms with Gasteiger partial charge in [-0.3, -0.25) is 0 Å². The molecule has 0 bridgehead atoms. The zero-order valence-corrected chi connectivity index (χ0v) is 16.3. The molecule has 0 fully saturated rings. The third-order valence-corrected chi connectivity index (χ3v) is 7.48. The van der Waals surface area contributed by atoms with Crippen molar-refractivity contribution in [3.8, 4) is 0 Å². The summed E-state index contributed by atoms with van der Waals surface area (Å²) in [6, 6.07) is 4.24. The van der Waals surface area contributed by atoms with Gasteiger partial charge in [-0.15, -0.1) is 0 Å². The highest BCUT2D eigenvalue weighted by Crippen LogP contribution is 2.48. The summed E-state index contributed by atoms with van der Waals surface area (Å²) in [7, 11) is 0. The van der Waals surface area contributed by atoms with Gasteiger partial charge in [-0.05, 0) is 44.0 Å². The molecule has 2 aromatic rings. The quantitative estimate of drug-likeness (QED) is 0.347. The predicted molar refractivity (Wildman–Crippen MR) is 89.4 cm³/mol. The fraction of sp³-hybridized carbons (Fsp3) is 0.273. The Labute approximate surface area is 141 Å². The summed E-state index contributed by atoms with van der Waals surface area (Å²) in [4.78, 5) is 0.781. The lowest BCUT2D eigenvalue weighted by molar-refractivity contribution is 0.792. The molecule has 0 unspecified atom stereocenters. The van der Waals surface area contributed by atoms with Crippen molar-refractivity contribution in [2.75, 3.05) is 0 Å². The number of rotatable bonds is 0. The number of hydrogen-bond acceptors (Lipinski definition) is 0. The first kappa shape index (κ1) is 13.2. The Kier molecular flexibility index (Phi) is 3.57. The van der Waals surface area contributed by atoms with Crippen LogP contribution in [-0.4, -0.2) is 9.39 Å². The molecule has 90 valence electrons. The first-order valence-corrected chi connectivity index (χ1v) is 9.16. The van der Waals surface area contributed by atoms with Crippen LogP contribution in [0.1, 0.15) is 10.5 Å². The summed E-state index contributed by atoms with van der Waals surface area (Å²) in [6.45, 7) is 0.980. The topological polar surface area (TPSA) is 4.93 Å². The molecule has 17 heavy (non-hydrogen) atoms. The van der Waals surface area contributed by atoms with Crippen LogP contribution >= 0.6 is 79.6 Å².